The van der Waals surface area contributed by atoms with Crippen molar-refractivity contribution in [2.24, 2.45) is 23.5 Å². The van der Waals surface area contributed by atoms with Crippen LogP contribution in [-0.2, 0) is 4.74 Å². The summed E-state index contributed by atoms with van der Waals surface area (Å²) in [5, 5.41) is 3.62. The molecule has 0 bridgehead atoms. The van der Waals surface area contributed by atoms with E-state index in [2.05, 4.69) is 46.9 Å². The third kappa shape index (κ3) is 6.72. The summed E-state index contributed by atoms with van der Waals surface area (Å²) in [7, 11) is 1.76. The van der Waals surface area contributed by atoms with Gasteiger partial charge in [-0.05, 0) is 44.6 Å². The van der Waals surface area contributed by atoms with Gasteiger partial charge in [-0.25, -0.2) is 0 Å². The number of ether oxygens (including phenoxy) is 1. The van der Waals surface area contributed by atoms with E-state index in [9.17, 15) is 0 Å². The highest BCUT2D eigenvalue weighted by Crippen LogP contribution is 2.20. The molecule has 0 aromatic rings. The van der Waals surface area contributed by atoms with Gasteiger partial charge in [-0.3, -0.25) is 0 Å². The molecular weight excluding hydrogens is 224 g/mol. The van der Waals surface area contributed by atoms with Crippen LogP contribution in [0, 0.1) is 17.8 Å². The number of methoxy groups -OCH3 is 1. The highest BCUT2D eigenvalue weighted by atomic mass is 16.5. The number of hydrogen-bond donors (Lipinski definition) is 2. The molecule has 0 saturated heterocycles. The van der Waals surface area contributed by atoms with Crippen molar-refractivity contribution in [2.75, 3.05) is 20.2 Å². The molecule has 0 aliphatic heterocycles. The highest BCUT2D eigenvalue weighted by Gasteiger charge is 2.24. The Balaban J connectivity index is 4.29. The molecule has 0 fully saturated rings. The maximum Gasteiger partial charge on any atom is 0.0638 e. The van der Waals surface area contributed by atoms with Gasteiger partial charge in [-0.15, -0.1) is 0 Å². The average Bonchev–Trinajstić information content (AvgIpc) is 2.26. The van der Waals surface area contributed by atoms with Gasteiger partial charge < -0.3 is 15.8 Å². The number of hydrogen-bond acceptors (Lipinski definition) is 3. The molecule has 3 N–H and O–H groups in total. The summed E-state index contributed by atoms with van der Waals surface area (Å²) in [6, 6.07) is 0.333. The third-order valence-corrected chi connectivity index (χ3v) is 3.93. The molecule has 0 saturated carbocycles. The Morgan fingerprint density at radius 2 is 1.61 bits per heavy atom. The van der Waals surface area contributed by atoms with Crippen LogP contribution < -0.4 is 11.1 Å². The van der Waals surface area contributed by atoms with Crippen LogP contribution in [0.15, 0.2) is 0 Å². The molecule has 18 heavy (non-hydrogen) atoms. The summed E-state index contributed by atoms with van der Waals surface area (Å²) in [4.78, 5) is 0. The number of nitrogens with two attached hydrogens (primary N) is 1. The fourth-order valence-electron chi connectivity index (χ4n) is 2.46. The lowest BCUT2D eigenvalue weighted by Crippen LogP contribution is -2.45. The molecular formula is C15H34N2O. The second-order valence-corrected chi connectivity index (χ2v) is 6.66. The smallest absolute Gasteiger partial charge is 0.0638 e. The summed E-state index contributed by atoms with van der Waals surface area (Å²) >= 11 is 0. The lowest BCUT2D eigenvalue weighted by molar-refractivity contribution is 0.00715. The molecule has 0 rings (SSSR count). The first-order valence-corrected chi connectivity index (χ1v) is 7.22. The standard InChI is InChI=1S/C15H34N2O/c1-11(2)14(12(3)4)10-17-13(9-16)8-15(5,6)18-7/h11-14,17H,8-10,16H2,1-7H3. The van der Waals surface area contributed by atoms with E-state index in [-0.39, 0.29) is 5.60 Å². The minimum absolute atomic E-state index is 0.109. The minimum Gasteiger partial charge on any atom is -0.379 e. The maximum absolute atomic E-state index is 5.86. The molecule has 110 valence electrons. The zero-order valence-corrected chi connectivity index (χ0v) is 13.4. The molecule has 0 spiro atoms. The van der Waals surface area contributed by atoms with E-state index in [1.165, 1.54) is 0 Å². The average molecular weight is 258 g/mol. The Labute approximate surface area is 114 Å². The first kappa shape index (κ1) is 17.9. The Kier molecular flexibility index (Phi) is 8.08. The van der Waals surface area contributed by atoms with Crippen LogP contribution in [0.3, 0.4) is 0 Å². The van der Waals surface area contributed by atoms with Gasteiger partial charge in [0.25, 0.3) is 0 Å². The Morgan fingerprint density at radius 3 is 1.94 bits per heavy atom. The van der Waals surface area contributed by atoms with E-state index in [1.54, 1.807) is 7.11 Å². The van der Waals surface area contributed by atoms with Crippen LogP contribution >= 0.6 is 0 Å². The van der Waals surface area contributed by atoms with Crippen LogP contribution in [-0.4, -0.2) is 31.8 Å². The molecule has 0 aliphatic carbocycles. The van der Waals surface area contributed by atoms with Gasteiger partial charge in [0, 0.05) is 19.7 Å². The highest BCUT2D eigenvalue weighted by molar-refractivity contribution is 4.81. The van der Waals surface area contributed by atoms with Crippen molar-refractivity contribution in [1.29, 1.82) is 0 Å². The van der Waals surface area contributed by atoms with E-state index in [4.69, 9.17) is 10.5 Å². The molecule has 0 amide bonds. The molecule has 0 aromatic carbocycles. The lowest BCUT2D eigenvalue weighted by atomic mass is 9.85. The van der Waals surface area contributed by atoms with Crippen molar-refractivity contribution in [1.82, 2.24) is 5.32 Å². The van der Waals surface area contributed by atoms with Gasteiger partial charge >= 0.3 is 0 Å². The Bertz CT molecular complexity index is 207. The zero-order chi connectivity index (χ0) is 14.3. The van der Waals surface area contributed by atoms with Crippen LogP contribution in [0.1, 0.15) is 48.0 Å². The van der Waals surface area contributed by atoms with Crippen LogP contribution in [0.25, 0.3) is 0 Å². The summed E-state index contributed by atoms with van der Waals surface area (Å²) in [5.41, 5.74) is 5.75. The normalized spacial score (nSPS) is 14.8. The van der Waals surface area contributed by atoms with Crippen molar-refractivity contribution in [3.05, 3.63) is 0 Å². The van der Waals surface area contributed by atoms with Crippen molar-refractivity contribution >= 4 is 0 Å². The van der Waals surface area contributed by atoms with Crippen molar-refractivity contribution < 1.29 is 4.74 Å². The van der Waals surface area contributed by atoms with Crippen LogP contribution in [0.2, 0.25) is 0 Å². The fourth-order valence-corrected chi connectivity index (χ4v) is 2.46. The maximum atomic E-state index is 5.86. The van der Waals surface area contributed by atoms with Crippen LogP contribution in [0.5, 0.6) is 0 Å². The van der Waals surface area contributed by atoms with Crippen molar-refractivity contribution in [3.63, 3.8) is 0 Å². The second-order valence-electron chi connectivity index (χ2n) is 6.66. The van der Waals surface area contributed by atoms with Crippen LogP contribution in [0.4, 0.5) is 0 Å². The van der Waals surface area contributed by atoms with E-state index in [1.807, 2.05) is 0 Å². The summed E-state index contributed by atoms with van der Waals surface area (Å²) in [6.45, 7) is 15.1. The Morgan fingerprint density at radius 1 is 1.11 bits per heavy atom. The predicted octanol–water partition coefficient (Wildman–Crippen LogP) is 2.65. The predicted molar refractivity (Wildman–Crippen MR) is 79.7 cm³/mol. The zero-order valence-electron chi connectivity index (χ0n) is 13.4. The van der Waals surface area contributed by atoms with E-state index >= 15 is 0 Å². The molecule has 3 nitrogen and oxygen atoms in total. The third-order valence-electron chi connectivity index (χ3n) is 3.93. The molecule has 0 aromatic heterocycles. The molecule has 1 unspecified atom stereocenters. The SMILES string of the molecule is COC(C)(C)CC(CN)NCC(C(C)C)C(C)C. The summed E-state index contributed by atoms with van der Waals surface area (Å²) in [5.74, 6) is 2.10. The van der Waals surface area contributed by atoms with Gasteiger partial charge in [0.1, 0.15) is 0 Å². The van der Waals surface area contributed by atoms with E-state index < -0.39 is 0 Å². The second kappa shape index (κ2) is 8.13. The van der Waals surface area contributed by atoms with E-state index in [0.717, 1.165) is 13.0 Å². The van der Waals surface area contributed by atoms with Gasteiger partial charge in [0.05, 0.1) is 5.60 Å². The lowest BCUT2D eigenvalue weighted by Gasteiger charge is -2.31. The van der Waals surface area contributed by atoms with Gasteiger partial charge in [0.15, 0.2) is 0 Å². The number of rotatable bonds is 9. The van der Waals surface area contributed by atoms with Crippen molar-refractivity contribution in [3.8, 4) is 0 Å². The Hall–Kier alpha value is -0.120. The van der Waals surface area contributed by atoms with E-state index in [0.29, 0.717) is 30.3 Å². The monoisotopic (exact) mass is 258 g/mol. The molecule has 0 aliphatic rings. The molecule has 1 atom stereocenters. The molecule has 3 heteroatoms. The summed E-state index contributed by atoms with van der Waals surface area (Å²) < 4.78 is 5.48. The fraction of sp³-hybridized carbons (Fsp3) is 1.00. The first-order chi connectivity index (χ1) is 8.23. The molecule has 0 heterocycles. The minimum atomic E-state index is -0.109. The molecule has 0 radical (unpaired) electrons. The van der Waals surface area contributed by atoms with Crippen molar-refractivity contribution in [2.45, 2.75) is 59.6 Å². The largest absolute Gasteiger partial charge is 0.379 e. The summed E-state index contributed by atoms with van der Waals surface area (Å²) in [6.07, 6.45) is 0.947. The van der Waals surface area contributed by atoms with Gasteiger partial charge in [-0.2, -0.15) is 0 Å². The first-order valence-electron chi connectivity index (χ1n) is 7.22. The van der Waals surface area contributed by atoms with Gasteiger partial charge in [0.2, 0.25) is 0 Å². The van der Waals surface area contributed by atoms with Gasteiger partial charge in [-0.1, -0.05) is 27.7 Å². The topological polar surface area (TPSA) is 47.3 Å². The quantitative estimate of drug-likeness (QED) is 0.668. The number of nitrogens with one attached hydrogen (secondary N) is 1.